The van der Waals surface area contributed by atoms with E-state index in [1.54, 1.807) is 36.5 Å². The van der Waals surface area contributed by atoms with Crippen molar-refractivity contribution < 1.29 is 61.9 Å². The van der Waals surface area contributed by atoms with Crippen LogP contribution in [0.1, 0.15) is 50.4 Å². The maximum absolute atomic E-state index is 12.7. The summed E-state index contributed by atoms with van der Waals surface area (Å²) >= 11 is 6.64. The lowest BCUT2D eigenvalue weighted by Crippen LogP contribution is -2.60. The third-order valence-electron chi connectivity index (χ3n) is 6.52. The molecule has 3 aromatic rings. The molecule has 0 saturated carbocycles. The van der Waals surface area contributed by atoms with Crippen molar-refractivity contribution in [3.63, 3.8) is 0 Å². The van der Waals surface area contributed by atoms with E-state index in [4.69, 9.17) is 40.8 Å². The minimum Gasteiger partial charge on any atom is -0.463 e. The number of hydrogen-bond acceptors (Lipinski definition) is 10. The van der Waals surface area contributed by atoms with Crippen LogP contribution >= 0.6 is 11.6 Å². The van der Waals surface area contributed by atoms with Crippen LogP contribution in [-0.2, 0) is 49.3 Å². The van der Waals surface area contributed by atoms with Crippen molar-refractivity contribution in [2.24, 2.45) is 0 Å². The van der Waals surface area contributed by atoms with E-state index >= 15 is 0 Å². The highest BCUT2D eigenvalue weighted by molar-refractivity contribution is 6.35. The smallest absolute Gasteiger partial charge is 0.387 e. The first kappa shape index (κ1) is 27.3. The molecule has 11 nitrogen and oxygen atoms in total. The van der Waals surface area contributed by atoms with Gasteiger partial charge in [0.2, 0.25) is 0 Å². The number of aromatic nitrogens is 1. The molecule has 5 atom stereocenters. The lowest BCUT2D eigenvalue weighted by atomic mass is 9.97. The van der Waals surface area contributed by atoms with Gasteiger partial charge in [-0.1, -0.05) is 29.8 Å². The van der Waals surface area contributed by atoms with E-state index in [-0.39, 0.29) is 12.2 Å². The summed E-state index contributed by atoms with van der Waals surface area (Å²) in [5.74, 6) is -4.29. The largest absolute Gasteiger partial charge is 0.463 e. The lowest BCUT2D eigenvalue weighted by Gasteiger charge is -2.44. The number of carbonyl (C=O) groups excluding carboxylic acids is 4. The number of fused-ring (bicyclic) bond motifs is 1. The highest BCUT2D eigenvalue weighted by Crippen LogP contribution is 2.39. The van der Waals surface area contributed by atoms with E-state index in [1.807, 2.05) is 0 Å². The molecular weight excluding hydrogens is 608 g/mol. The van der Waals surface area contributed by atoms with E-state index < -0.39 is 95.3 Å². The van der Waals surface area contributed by atoms with Gasteiger partial charge < -0.3 is 33.0 Å². The van der Waals surface area contributed by atoms with Crippen molar-refractivity contribution in [1.82, 2.24) is 4.57 Å². The average molecular weight is 642 g/mol. The zero-order chi connectivity index (χ0) is 35.0. The third kappa shape index (κ3) is 7.83. The van der Waals surface area contributed by atoms with Crippen molar-refractivity contribution in [2.75, 3.05) is 6.61 Å². The normalized spacial score (nSPS) is 22.7. The van der Waals surface area contributed by atoms with Crippen LogP contribution in [0.5, 0.6) is 5.75 Å². The average Bonchev–Trinajstić information content (AvgIpc) is 3.44. The molecule has 2 heterocycles. The van der Waals surface area contributed by atoms with Gasteiger partial charge in [0.05, 0.1) is 10.5 Å². The Kier molecular flexibility index (Phi) is 8.72. The van der Waals surface area contributed by atoms with E-state index in [9.17, 15) is 28.0 Å². The predicted octanol–water partition coefficient (Wildman–Crippen LogP) is 4.74. The Bertz CT molecular complexity index is 1610. The molecule has 0 radical (unpaired) electrons. The van der Waals surface area contributed by atoms with Crippen LogP contribution in [0.15, 0.2) is 48.7 Å². The molecule has 44 heavy (non-hydrogen) atoms. The van der Waals surface area contributed by atoms with E-state index in [1.165, 1.54) is 16.7 Å². The molecule has 1 aliphatic heterocycles. The SMILES string of the molecule is [2H]CC(=O)OC[C@H]1OC(n2cc(Cc3ccc(OC(F)F)cc3)c3c(Cl)cccc32)[C@H](OC(=O)C[2H])[C@@H](OC(=O)C[2H])[C@@H]1OC(=O)C[2H]. The second-order valence-corrected chi connectivity index (χ2v) is 9.91. The van der Waals surface area contributed by atoms with Crippen LogP contribution in [0.25, 0.3) is 10.9 Å². The summed E-state index contributed by atoms with van der Waals surface area (Å²) < 4.78 is 88.8. The molecule has 0 N–H and O–H groups in total. The zero-order valence-electron chi connectivity index (χ0n) is 27.0. The minimum absolute atomic E-state index is 0.0463. The van der Waals surface area contributed by atoms with E-state index in [0.717, 1.165) is 0 Å². The van der Waals surface area contributed by atoms with Gasteiger partial charge in [0, 0.05) is 44.7 Å². The first-order valence-corrected chi connectivity index (χ1v) is 13.3. The molecule has 14 heteroatoms. The number of benzene rings is 2. The molecule has 236 valence electrons. The number of ether oxygens (including phenoxy) is 6. The quantitative estimate of drug-likeness (QED) is 0.226. The monoisotopic (exact) mass is 641 g/mol. The van der Waals surface area contributed by atoms with E-state index in [0.29, 0.717) is 27.1 Å². The Hall–Kier alpha value is -4.23. The highest BCUT2D eigenvalue weighted by Gasteiger charge is 2.53. The molecule has 4 rings (SSSR count). The maximum Gasteiger partial charge on any atom is 0.387 e. The Labute approximate surface area is 261 Å². The van der Waals surface area contributed by atoms with Crippen LogP contribution in [0.2, 0.25) is 5.02 Å². The van der Waals surface area contributed by atoms with Crippen molar-refractivity contribution in [3.8, 4) is 5.75 Å². The fraction of sp³-hybridized carbons (Fsp3) is 0.400. The van der Waals surface area contributed by atoms with Crippen molar-refractivity contribution in [1.29, 1.82) is 0 Å². The third-order valence-corrected chi connectivity index (χ3v) is 6.84. The molecule has 1 unspecified atom stereocenters. The second-order valence-electron chi connectivity index (χ2n) is 9.51. The highest BCUT2D eigenvalue weighted by atomic mass is 35.5. The van der Waals surface area contributed by atoms with Gasteiger partial charge in [-0.05, 0) is 41.8 Å². The summed E-state index contributed by atoms with van der Waals surface area (Å²) in [6.07, 6.45) is -5.98. The standard InChI is InChI=1S/C30H30ClF2NO10/c1-15(35)39-14-24-26(40-16(2)36)27(41-17(3)37)28(42-18(4)38)29(44-24)34-13-20(25-22(31)6-5-7-23(25)34)12-19-8-10-21(11-9-19)43-30(32)33/h5-11,13,24,26-30H,12,14H2,1-4H3/t24-,26-,27+,28-,29?/m1/s1/i1D,2D,3D,4D. The molecule has 1 saturated heterocycles. The number of alkyl halides is 2. The lowest BCUT2D eigenvalue weighted by molar-refractivity contribution is -0.267. The topological polar surface area (TPSA) is 129 Å². The van der Waals surface area contributed by atoms with Gasteiger partial charge in [0.15, 0.2) is 24.5 Å². The first-order chi connectivity index (χ1) is 23.0. The number of nitrogens with zero attached hydrogens (tertiary/aromatic N) is 1. The molecule has 1 aromatic heterocycles. The van der Waals surface area contributed by atoms with Crippen LogP contribution < -0.4 is 4.74 Å². The number of rotatable bonds is 10. The van der Waals surface area contributed by atoms with Gasteiger partial charge in [-0.15, -0.1) is 0 Å². The predicted molar refractivity (Wildman–Crippen MR) is 150 cm³/mol. The Balaban J connectivity index is 1.86. The van der Waals surface area contributed by atoms with Gasteiger partial charge in [-0.2, -0.15) is 8.78 Å². The van der Waals surface area contributed by atoms with Crippen LogP contribution in [0, 0.1) is 0 Å². The fourth-order valence-corrected chi connectivity index (χ4v) is 5.28. The molecule has 0 bridgehead atoms. The zero-order valence-corrected chi connectivity index (χ0v) is 23.7. The minimum atomic E-state index is -3.00. The molecular formula is C30H30ClF2NO10. The summed E-state index contributed by atoms with van der Waals surface area (Å²) in [7, 11) is 0. The molecule has 1 fully saturated rings. The maximum atomic E-state index is 12.7. The molecule has 0 spiro atoms. The Morgan fingerprint density at radius 1 is 0.909 bits per heavy atom. The molecule has 0 aliphatic carbocycles. The Morgan fingerprint density at radius 2 is 1.55 bits per heavy atom. The number of halogens is 3. The van der Waals surface area contributed by atoms with E-state index in [2.05, 4.69) is 4.74 Å². The van der Waals surface area contributed by atoms with Gasteiger partial charge >= 0.3 is 30.5 Å². The van der Waals surface area contributed by atoms with Crippen molar-refractivity contribution in [2.45, 2.75) is 71.3 Å². The number of esters is 4. The van der Waals surface area contributed by atoms with Crippen LogP contribution in [-0.4, -0.2) is 66.1 Å². The Morgan fingerprint density at radius 3 is 2.18 bits per heavy atom. The molecule has 1 aliphatic rings. The van der Waals surface area contributed by atoms with Gasteiger partial charge in [-0.3, -0.25) is 19.2 Å². The fourth-order valence-electron chi connectivity index (χ4n) is 4.99. The van der Waals surface area contributed by atoms with Crippen LogP contribution in [0.4, 0.5) is 8.78 Å². The van der Waals surface area contributed by atoms with Crippen molar-refractivity contribution in [3.05, 3.63) is 64.8 Å². The summed E-state index contributed by atoms with van der Waals surface area (Å²) in [5, 5.41) is 0.815. The molecule has 2 aromatic carbocycles. The van der Waals surface area contributed by atoms with Crippen LogP contribution in [0.3, 0.4) is 0 Å². The summed E-state index contributed by atoms with van der Waals surface area (Å²) in [6.45, 7) is -7.00. The summed E-state index contributed by atoms with van der Waals surface area (Å²) in [5.41, 5.74) is 1.68. The summed E-state index contributed by atoms with van der Waals surface area (Å²) in [6, 6.07) is 10.8. The van der Waals surface area contributed by atoms with Gasteiger partial charge in [-0.25, -0.2) is 0 Å². The first-order valence-electron chi connectivity index (χ1n) is 15.7. The summed E-state index contributed by atoms with van der Waals surface area (Å²) in [4.78, 5) is 49.4. The molecule has 0 amide bonds. The van der Waals surface area contributed by atoms with Gasteiger partial charge in [0.25, 0.3) is 0 Å². The number of carbonyl (C=O) groups is 4. The van der Waals surface area contributed by atoms with Crippen molar-refractivity contribution >= 4 is 46.4 Å². The number of hydrogen-bond donors (Lipinski definition) is 0. The second kappa shape index (κ2) is 14.0. The van der Waals surface area contributed by atoms with Gasteiger partial charge in [0.1, 0.15) is 18.5 Å².